The van der Waals surface area contributed by atoms with Gasteiger partial charge in [0.2, 0.25) is 5.91 Å². The topological polar surface area (TPSA) is 32.3 Å². The standard InChI is InChI=1S/C17H23ClN2O/c1-12(15-4-2-3-5-16(15)18)20(14-8-9-14)17(21)11-19-10-13-6-7-13/h2-5,12-14,19H,6-11H2,1H3. The number of amides is 1. The van der Waals surface area contributed by atoms with Gasteiger partial charge in [0, 0.05) is 11.1 Å². The van der Waals surface area contributed by atoms with Crippen LogP contribution in [0, 0.1) is 5.92 Å². The van der Waals surface area contributed by atoms with Gasteiger partial charge in [-0.1, -0.05) is 29.8 Å². The van der Waals surface area contributed by atoms with Crippen molar-refractivity contribution in [3.8, 4) is 0 Å². The van der Waals surface area contributed by atoms with E-state index in [1.54, 1.807) is 0 Å². The van der Waals surface area contributed by atoms with Gasteiger partial charge in [-0.2, -0.15) is 0 Å². The van der Waals surface area contributed by atoms with Gasteiger partial charge in [-0.05, 0) is 56.7 Å². The molecule has 3 nitrogen and oxygen atoms in total. The zero-order valence-corrected chi connectivity index (χ0v) is 13.3. The first-order chi connectivity index (χ1) is 10.2. The maximum absolute atomic E-state index is 12.6. The van der Waals surface area contributed by atoms with Crippen LogP contribution in [0.2, 0.25) is 5.02 Å². The molecule has 0 spiro atoms. The van der Waals surface area contributed by atoms with Gasteiger partial charge in [-0.15, -0.1) is 0 Å². The summed E-state index contributed by atoms with van der Waals surface area (Å²) >= 11 is 6.29. The number of halogens is 1. The molecule has 2 aliphatic carbocycles. The van der Waals surface area contributed by atoms with Gasteiger partial charge in [-0.3, -0.25) is 4.79 Å². The Labute approximate surface area is 131 Å². The van der Waals surface area contributed by atoms with Crippen molar-refractivity contribution in [1.29, 1.82) is 0 Å². The molecule has 0 aromatic heterocycles. The van der Waals surface area contributed by atoms with Gasteiger partial charge < -0.3 is 10.2 Å². The lowest BCUT2D eigenvalue weighted by Gasteiger charge is -2.30. The summed E-state index contributed by atoms with van der Waals surface area (Å²) in [6.45, 7) is 3.50. The van der Waals surface area contributed by atoms with Crippen molar-refractivity contribution in [2.24, 2.45) is 5.92 Å². The van der Waals surface area contributed by atoms with Crippen LogP contribution >= 0.6 is 11.6 Å². The summed E-state index contributed by atoms with van der Waals surface area (Å²) in [5.74, 6) is 0.999. The lowest BCUT2D eigenvalue weighted by Crippen LogP contribution is -2.41. The first kappa shape index (κ1) is 14.9. The predicted molar refractivity (Wildman–Crippen MR) is 85.3 cm³/mol. The SMILES string of the molecule is CC(c1ccccc1Cl)N(C(=O)CNCC1CC1)C1CC1. The molecule has 1 atom stereocenters. The highest BCUT2D eigenvalue weighted by molar-refractivity contribution is 6.31. The molecule has 0 radical (unpaired) electrons. The van der Waals surface area contributed by atoms with Crippen LogP contribution in [0.1, 0.15) is 44.2 Å². The Balaban J connectivity index is 1.65. The second-order valence-electron chi connectivity index (χ2n) is 6.30. The first-order valence-electron chi connectivity index (χ1n) is 7.93. The molecular formula is C17H23ClN2O. The predicted octanol–water partition coefficient (Wildman–Crippen LogP) is 3.39. The Hall–Kier alpha value is -1.06. The van der Waals surface area contributed by atoms with E-state index in [0.717, 1.165) is 35.9 Å². The van der Waals surface area contributed by atoms with Crippen LogP contribution in [-0.2, 0) is 4.79 Å². The van der Waals surface area contributed by atoms with E-state index in [4.69, 9.17) is 11.6 Å². The lowest BCUT2D eigenvalue weighted by molar-refractivity contribution is -0.133. The Kier molecular flexibility index (Phi) is 4.51. The van der Waals surface area contributed by atoms with E-state index in [-0.39, 0.29) is 11.9 Å². The fraction of sp³-hybridized carbons (Fsp3) is 0.588. The normalized spacial score (nSPS) is 19.3. The molecule has 0 saturated heterocycles. The number of benzene rings is 1. The number of carbonyl (C=O) groups excluding carboxylic acids is 1. The van der Waals surface area contributed by atoms with E-state index in [0.29, 0.717) is 12.6 Å². The van der Waals surface area contributed by atoms with E-state index in [1.807, 2.05) is 29.2 Å². The van der Waals surface area contributed by atoms with Crippen molar-refractivity contribution in [3.63, 3.8) is 0 Å². The molecule has 1 N–H and O–H groups in total. The third-order valence-electron chi connectivity index (χ3n) is 4.41. The Morgan fingerprint density at radius 3 is 2.67 bits per heavy atom. The van der Waals surface area contributed by atoms with E-state index >= 15 is 0 Å². The van der Waals surface area contributed by atoms with Gasteiger partial charge >= 0.3 is 0 Å². The summed E-state index contributed by atoms with van der Waals surface area (Å²) in [4.78, 5) is 14.6. The second kappa shape index (κ2) is 6.37. The molecule has 1 aromatic carbocycles. The molecular weight excluding hydrogens is 284 g/mol. The molecule has 114 valence electrons. The zero-order chi connectivity index (χ0) is 14.8. The monoisotopic (exact) mass is 306 g/mol. The lowest BCUT2D eigenvalue weighted by atomic mass is 10.1. The van der Waals surface area contributed by atoms with Crippen molar-refractivity contribution < 1.29 is 4.79 Å². The minimum absolute atomic E-state index is 0.0430. The minimum atomic E-state index is 0.0430. The molecule has 2 aliphatic rings. The largest absolute Gasteiger partial charge is 0.332 e. The summed E-state index contributed by atoms with van der Waals surface area (Å²) in [5.41, 5.74) is 1.04. The van der Waals surface area contributed by atoms with Gasteiger partial charge in [0.15, 0.2) is 0 Å². The smallest absolute Gasteiger partial charge is 0.237 e. The number of nitrogens with one attached hydrogen (secondary N) is 1. The first-order valence-corrected chi connectivity index (χ1v) is 8.31. The van der Waals surface area contributed by atoms with Crippen molar-refractivity contribution in [3.05, 3.63) is 34.9 Å². The zero-order valence-electron chi connectivity index (χ0n) is 12.5. The highest BCUT2D eigenvalue weighted by Crippen LogP contribution is 2.36. The van der Waals surface area contributed by atoms with Gasteiger partial charge in [-0.25, -0.2) is 0 Å². The van der Waals surface area contributed by atoms with Crippen molar-refractivity contribution in [2.45, 2.75) is 44.7 Å². The number of hydrogen-bond donors (Lipinski definition) is 1. The molecule has 1 unspecified atom stereocenters. The second-order valence-corrected chi connectivity index (χ2v) is 6.71. The van der Waals surface area contributed by atoms with E-state index in [1.165, 1.54) is 12.8 Å². The van der Waals surface area contributed by atoms with Crippen LogP contribution in [0.25, 0.3) is 0 Å². The fourth-order valence-corrected chi connectivity index (χ4v) is 3.14. The Morgan fingerprint density at radius 2 is 2.05 bits per heavy atom. The molecule has 0 heterocycles. The molecule has 0 aliphatic heterocycles. The van der Waals surface area contributed by atoms with Crippen molar-refractivity contribution in [2.75, 3.05) is 13.1 Å². The highest BCUT2D eigenvalue weighted by atomic mass is 35.5. The third kappa shape index (κ3) is 3.78. The molecule has 0 bridgehead atoms. The molecule has 2 saturated carbocycles. The third-order valence-corrected chi connectivity index (χ3v) is 4.75. The van der Waals surface area contributed by atoms with E-state index in [2.05, 4.69) is 12.2 Å². The van der Waals surface area contributed by atoms with E-state index < -0.39 is 0 Å². The van der Waals surface area contributed by atoms with Gasteiger partial charge in [0.05, 0.1) is 12.6 Å². The number of hydrogen-bond acceptors (Lipinski definition) is 2. The quantitative estimate of drug-likeness (QED) is 0.837. The average molecular weight is 307 g/mol. The Morgan fingerprint density at radius 1 is 1.33 bits per heavy atom. The fourth-order valence-electron chi connectivity index (χ4n) is 2.85. The number of nitrogens with zero attached hydrogens (tertiary/aromatic N) is 1. The molecule has 1 amide bonds. The van der Waals surface area contributed by atoms with Gasteiger partial charge in [0.1, 0.15) is 0 Å². The van der Waals surface area contributed by atoms with Crippen molar-refractivity contribution >= 4 is 17.5 Å². The summed E-state index contributed by atoms with van der Waals surface area (Å²) in [5, 5.41) is 4.05. The summed E-state index contributed by atoms with van der Waals surface area (Å²) in [7, 11) is 0. The Bertz CT molecular complexity index is 511. The summed E-state index contributed by atoms with van der Waals surface area (Å²) in [6.07, 6.45) is 4.85. The van der Waals surface area contributed by atoms with Crippen LogP contribution in [0.4, 0.5) is 0 Å². The molecule has 2 fully saturated rings. The van der Waals surface area contributed by atoms with Crippen LogP contribution in [0.15, 0.2) is 24.3 Å². The summed E-state index contributed by atoms with van der Waals surface area (Å²) < 4.78 is 0. The molecule has 3 rings (SSSR count). The van der Waals surface area contributed by atoms with Crippen LogP contribution in [0.5, 0.6) is 0 Å². The minimum Gasteiger partial charge on any atom is -0.332 e. The maximum atomic E-state index is 12.6. The molecule has 21 heavy (non-hydrogen) atoms. The van der Waals surface area contributed by atoms with Crippen LogP contribution in [0.3, 0.4) is 0 Å². The summed E-state index contributed by atoms with van der Waals surface area (Å²) in [6, 6.07) is 8.27. The number of carbonyl (C=O) groups is 1. The van der Waals surface area contributed by atoms with Gasteiger partial charge in [0.25, 0.3) is 0 Å². The number of rotatable bonds is 7. The maximum Gasteiger partial charge on any atom is 0.237 e. The molecule has 4 heteroatoms. The highest BCUT2D eigenvalue weighted by Gasteiger charge is 2.36. The average Bonchev–Trinajstić information content (AvgIpc) is 3.34. The molecule has 1 aromatic rings. The van der Waals surface area contributed by atoms with Crippen LogP contribution < -0.4 is 5.32 Å². The van der Waals surface area contributed by atoms with Crippen LogP contribution in [-0.4, -0.2) is 29.9 Å². The van der Waals surface area contributed by atoms with E-state index in [9.17, 15) is 4.79 Å². The van der Waals surface area contributed by atoms with Crippen molar-refractivity contribution in [1.82, 2.24) is 10.2 Å².